The number of pyridine rings is 2. The van der Waals surface area contributed by atoms with E-state index in [1.807, 2.05) is 6.92 Å². The largest absolute Gasteiger partial charge is 0.433 e. The van der Waals surface area contributed by atoms with Crippen LogP contribution in [0.25, 0.3) is 16.7 Å². The summed E-state index contributed by atoms with van der Waals surface area (Å²) in [5.74, 6) is 0. The number of aromatic nitrogens is 2. The Balaban J connectivity index is 2.40. The summed E-state index contributed by atoms with van der Waals surface area (Å²) in [6, 6.07) is 10.1. The Kier molecular flexibility index (Phi) is 3.35. The zero-order valence-electron chi connectivity index (χ0n) is 12.1. The van der Waals surface area contributed by atoms with E-state index in [1.165, 1.54) is 12.1 Å². The summed E-state index contributed by atoms with van der Waals surface area (Å²) in [4.78, 5) is 15.9. The van der Waals surface area contributed by atoms with Crippen molar-refractivity contribution >= 4 is 16.7 Å². The molecular formula is C16H12F3N3O. The third-order valence-electron chi connectivity index (χ3n) is 3.48. The van der Waals surface area contributed by atoms with Gasteiger partial charge < -0.3 is 5.73 Å². The monoisotopic (exact) mass is 319 g/mol. The molecule has 0 aliphatic rings. The normalized spacial score (nSPS) is 11.8. The topological polar surface area (TPSA) is 60.9 Å². The third-order valence-corrected chi connectivity index (χ3v) is 3.48. The number of alkyl halides is 3. The van der Waals surface area contributed by atoms with E-state index in [-0.39, 0.29) is 16.7 Å². The maximum absolute atomic E-state index is 12.9. The Morgan fingerprint density at radius 1 is 1.09 bits per heavy atom. The van der Waals surface area contributed by atoms with Crippen molar-refractivity contribution in [2.24, 2.45) is 0 Å². The predicted molar refractivity (Wildman–Crippen MR) is 81.5 cm³/mol. The Hall–Kier alpha value is -2.83. The number of hydrogen-bond acceptors (Lipinski definition) is 3. The highest BCUT2D eigenvalue weighted by Crippen LogP contribution is 2.30. The Morgan fingerprint density at radius 2 is 1.74 bits per heavy atom. The first kappa shape index (κ1) is 15.1. The van der Waals surface area contributed by atoms with Crippen LogP contribution in [0.5, 0.6) is 0 Å². The molecule has 0 aliphatic carbocycles. The van der Waals surface area contributed by atoms with Crippen LogP contribution in [0.4, 0.5) is 18.9 Å². The molecule has 0 fully saturated rings. The van der Waals surface area contributed by atoms with E-state index in [2.05, 4.69) is 4.98 Å². The van der Waals surface area contributed by atoms with Crippen molar-refractivity contribution < 1.29 is 13.2 Å². The van der Waals surface area contributed by atoms with Crippen molar-refractivity contribution in [1.82, 2.24) is 9.55 Å². The summed E-state index contributed by atoms with van der Waals surface area (Å²) in [5.41, 5.74) is 5.51. The van der Waals surface area contributed by atoms with Crippen LogP contribution in [0, 0.1) is 6.92 Å². The fourth-order valence-corrected chi connectivity index (χ4v) is 2.33. The number of nitrogens with two attached hydrogens (primary N) is 1. The summed E-state index contributed by atoms with van der Waals surface area (Å²) in [6.07, 6.45) is -4.60. The summed E-state index contributed by atoms with van der Waals surface area (Å²) in [6.45, 7) is 1.87. The van der Waals surface area contributed by atoms with Crippen LogP contribution in [0.1, 0.15) is 11.3 Å². The molecule has 0 aliphatic heterocycles. The number of nitrogen functional groups attached to an aromatic ring is 1. The van der Waals surface area contributed by atoms with Crippen molar-refractivity contribution in [2.75, 3.05) is 5.73 Å². The number of aryl methyl sites for hydroxylation is 1. The molecule has 0 radical (unpaired) electrons. The molecule has 1 aromatic carbocycles. The SMILES string of the molecule is Cc1ccc(-n2c(=O)cc(N)c3ccc(C(F)(F)F)nc32)cc1. The zero-order chi connectivity index (χ0) is 16.8. The van der Waals surface area contributed by atoms with E-state index in [0.717, 1.165) is 16.2 Å². The van der Waals surface area contributed by atoms with E-state index < -0.39 is 17.4 Å². The van der Waals surface area contributed by atoms with E-state index in [9.17, 15) is 18.0 Å². The first-order chi connectivity index (χ1) is 10.8. The number of benzene rings is 1. The molecule has 0 amide bonds. The highest BCUT2D eigenvalue weighted by molar-refractivity contribution is 5.88. The molecule has 0 bridgehead atoms. The number of nitrogens with zero attached hydrogens (tertiary/aromatic N) is 2. The standard InChI is InChI=1S/C16H12F3N3O/c1-9-2-4-10(5-3-9)22-14(23)8-12(20)11-6-7-13(16(17,18)19)21-15(11)22/h2-8H,20H2,1H3. The van der Waals surface area contributed by atoms with E-state index >= 15 is 0 Å². The van der Waals surface area contributed by atoms with Gasteiger partial charge in [-0.05, 0) is 31.2 Å². The molecule has 0 unspecified atom stereocenters. The quantitative estimate of drug-likeness (QED) is 0.748. The highest BCUT2D eigenvalue weighted by atomic mass is 19.4. The van der Waals surface area contributed by atoms with Gasteiger partial charge in [-0.25, -0.2) is 4.98 Å². The molecule has 3 rings (SSSR count). The van der Waals surface area contributed by atoms with Crippen LogP contribution in [-0.4, -0.2) is 9.55 Å². The van der Waals surface area contributed by atoms with Gasteiger partial charge in [0.1, 0.15) is 11.3 Å². The number of hydrogen-bond donors (Lipinski definition) is 1. The van der Waals surface area contributed by atoms with Gasteiger partial charge in [0, 0.05) is 17.1 Å². The number of rotatable bonds is 1. The van der Waals surface area contributed by atoms with Crippen LogP contribution in [0.2, 0.25) is 0 Å². The molecule has 0 saturated carbocycles. The molecule has 2 N–H and O–H groups in total. The van der Waals surface area contributed by atoms with E-state index in [0.29, 0.717) is 5.69 Å². The van der Waals surface area contributed by atoms with Crippen LogP contribution in [0.15, 0.2) is 47.3 Å². The minimum absolute atomic E-state index is 0.0922. The lowest BCUT2D eigenvalue weighted by molar-refractivity contribution is -0.141. The molecule has 7 heteroatoms. The first-order valence-electron chi connectivity index (χ1n) is 6.74. The van der Waals surface area contributed by atoms with Gasteiger partial charge in [-0.15, -0.1) is 0 Å². The highest BCUT2D eigenvalue weighted by Gasteiger charge is 2.33. The maximum Gasteiger partial charge on any atom is 0.433 e. The minimum Gasteiger partial charge on any atom is -0.398 e. The van der Waals surface area contributed by atoms with Crippen molar-refractivity contribution in [3.8, 4) is 5.69 Å². The Bertz CT molecular complexity index is 944. The Morgan fingerprint density at radius 3 is 2.35 bits per heavy atom. The second-order valence-electron chi connectivity index (χ2n) is 5.17. The van der Waals surface area contributed by atoms with Crippen LogP contribution >= 0.6 is 0 Å². The second-order valence-corrected chi connectivity index (χ2v) is 5.17. The molecule has 0 atom stereocenters. The summed E-state index contributed by atoms with van der Waals surface area (Å²) >= 11 is 0. The number of fused-ring (bicyclic) bond motifs is 1. The summed E-state index contributed by atoms with van der Waals surface area (Å²) in [7, 11) is 0. The van der Waals surface area contributed by atoms with E-state index in [4.69, 9.17) is 5.73 Å². The van der Waals surface area contributed by atoms with Crippen molar-refractivity contribution in [3.63, 3.8) is 0 Å². The van der Waals surface area contributed by atoms with Gasteiger partial charge in [-0.2, -0.15) is 13.2 Å². The van der Waals surface area contributed by atoms with Crippen LogP contribution < -0.4 is 11.3 Å². The van der Waals surface area contributed by atoms with E-state index in [1.54, 1.807) is 24.3 Å². The Labute approximate surface area is 129 Å². The lowest BCUT2D eigenvalue weighted by Crippen LogP contribution is -2.21. The van der Waals surface area contributed by atoms with Gasteiger partial charge in [0.15, 0.2) is 0 Å². The first-order valence-corrected chi connectivity index (χ1v) is 6.74. The second kappa shape index (κ2) is 5.12. The van der Waals surface area contributed by atoms with Gasteiger partial charge in [0.05, 0.1) is 5.69 Å². The van der Waals surface area contributed by atoms with Gasteiger partial charge in [0.25, 0.3) is 5.56 Å². The molecule has 0 saturated heterocycles. The fourth-order valence-electron chi connectivity index (χ4n) is 2.33. The smallest absolute Gasteiger partial charge is 0.398 e. The maximum atomic E-state index is 12.9. The average Bonchev–Trinajstić information content (AvgIpc) is 2.47. The van der Waals surface area contributed by atoms with Gasteiger partial charge in [0.2, 0.25) is 0 Å². The molecule has 118 valence electrons. The molecule has 23 heavy (non-hydrogen) atoms. The zero-order valence-corrected chi connectivity index (χ0v) is 12.1. The summed E-state index contributed by atoms with van der Waals surface area (Å²) < 4.78 is 39.9. The van der Waals surface area contributed by atoms with Gasteiger partial charge in [-0.1, -0.05) is 17.7 Å². The molecule has 2 aromatic heterocycles. The molecule has 0 spiro atoms. The lowest BCUT2D eigenvalue weighted by atomic mass is 10.2. The molecule has 3 aromatic rings. The van der Waals surface area contributed by atoms with Crippen molar-refractivity contribution in [1.29, 1.82) is 0 Å². The predicted octanol–water partition coefficient (Wildman–Crippen LogP) is 3.30. The van der Waals surface area contributed by atoms with Crippen LogP contribution in [0.3, 0.4) is 0 Å². The fraction of sp³-hybridized carbons (Fsp3) is 0.125. The molecular weight excluding hydrogens is 307 g/mol. The number of anilines is 1. The van der Waals surface area contributed by atoms with Crippen molar-refractivity contribution in [2.45, 2.75) is 13.1 Å². The van der Waals surface area contributed by atoms with Crippen LogP contribution in [-0.2, 0) is 6.18 Å². The average molecular weight is 319 g/mol. The van der Waals surface area contributed by atoms with Gasteiger partial charge >= 0.3 is 6.18 Å². The van der Waals surface area contributed by atoms with Crippen molar-refractivity contribution in [3.05, 3.63) is 64.1 Å². The number of halogens is 3. The minimum atomic E-state index is -4.60. The molecule has 4 nitrogen and oxygen atoms in total. The third kappa shape index (κ3) is 2.65. The lowest BCUT2D eigenvalue weighted by Gasteiger charge is -2.13. The molecule has 2 heterocycles. The summed E-state index contributed by atoms with van der Waals surface area (Å²) in [5, 5.41) is 0.290. The van der Waals surface area contributed by atoms with Gasteiger partial charge in [-0.3, -0.25) is 9.36 Å².